The first kappa shape index (κ1) is 16.9. The summed E-state index contributed by atoms with van der Waals surface area (Å²) in [5.41, 5.74) is 2.40. The molecule has 1 aliphatic carbocycles. The molecular formula is C18H29N3OS. The lowest BCUT2D eigenvalue weighted by Crippen LogP contribution is -2.36. The van der Waals surface area contributed by atoms with Crippen LogP contribution in [0.15, 0.2) is 5.16 Å². The van der Waals surface area contributed by atoms with Gasteiger partial charge in [-0.15, -0.1) is 0 Å². The summed E-state index contributed by atoms with van der Waals surface area (Å²) < 4.78 is 2.42. The van der Waals surface area contributed by atoms with Crippen LogP contribution in [0.3, 0.4) is 0 Å². The molecule has 0 aromatic carbocycles. The first-order valence-corrected chi connectivity index (χ1v) is 10.1. The molecule has 2 heterocycles. The van der Waals surface area contributed by atoms with Gasteiger partial charge >= 0.3 is 0 Å². The largest absolute Gasteiger partial charge is 0.342 e. The van der Waals surface area contributed by atoms with Crippen LogP contribution in [-0.2, 0) is 4.79 Å². The smallest absolute Gasteiger partial charge is 0.233 e. The molecule has 23 heavy (non-hydrogen) atoms. The molecule has 1 saturated heterocycles. The number of aryl methyl sites for hydroxylation is 1. The van der Waals surface area contributed by atoms with Crippen LogP contribution in [0, 0.1) is 13.8 Å². The van der Waals surface area contributed by atoms with Crippen molar-refractivity contribution in [3.05, 3.63) is 11.4 Å². The maximum absolute atomic E-state index is 12.4. The molecule has 3 rings (SSSR count). The number of thioether (sulfide) groups is 1. The Labute approximate surface area is 144 Å². The number of carbonyl (C=O) groups is 1. The third-order valence-corrected chi connectivity index (χ3v) is 6.27. The van der Waals surface area contributed by atoms with E-state index in [0.29, 0.717) is 11.8 Å². The normalized spacial score (nSPS) is 20.0. The third-order valence-electron chi connectivity index (χ3n) is 5.33. The molecule has 1 aromatic heterocycles. The van der Waals surface area contributed by atoms with Crippen LogP contribution < -0.4 is 0 Å². The first-order chi connectivity index (χ1) is 11.2. The fourth-order valence-corrected chi connectivity index (χ4v) is 4.89. The van der Waals surface area contributed by atoms with Crippen molar-refractivity contribution in [1.82, 2.24) is 14.5 Å². The number of hydrogen-bond acceptors (Lipinski definition) is 3. The predicted molar refractivity (Wildman–Crippen MR) is 95.0 cm³/mol. The number of carbonyl (C=O) groups excluding carboxylic acids is 1. The molecule has 1 aromatic rings. The van der Waals surface area contributed by atoms with Gasteiger partial charge in [0.1, 0.15) is 0 Å². The Morgan fingerprint density at radius 2 is 1.74 bits per heavy atom. The van der Waals surface area contributed by atoms with Crippen LogP contribution in [0.5, 0.6) is 0 Å². The highest BCUT2D eigenvalue weighted by Gasteiger charge is 2.23. The zero-order valence-corrected chi connectivity index (χ0v) is 15.3. The van der Waals surface area contributed by atoms with Crippen molar-refractivity contribution in [2.75, 3.05) is 18.8 Å². The average molecular weight is 336 g/mol. The van der Waals surface area contributed by atoms with Gasteiger partial charge in [0, 0.05) is 24.8 Å². The molecular weight excluding hydrogens is 306 g/mol. The van der Waals surface area contributed by atoms with Gasteiger partial charge in [0.05, 0.1) is 11.4 Å². The second-order valence-corrected chi connectivity index (χ2v) is 7.90. The number of imidazole rings is 1. The minimum absolute atomic E-state index is 0.281. The second kappa shape index (κ2) is 7.73. The predicted octanol–water partition coefficient (Wildman–Crippen LogP) is 4.11. The molecule has 1 aliphatic heterocycles. The summed E-state index contributed by atoms with van der Waals surface area (Å²) in [5, 5.41) is 1.05. The Balaban J connectivity index is 1.67. The van der Waals surface area contributed by atoms with Gasteiger partial charge in [-0.05, 0) is 46.0 Å². The van der Waals surface area contributed by atoms with E-state index in [9.17, 15) is 4.79 Å². The summed E-state index contributed by atoms with van der Waals surface area (Å²) in [6.07, 6.45) is 10.1. The number of likely N-dealkylation sites (tertiary alicyclic amines) is 1. The molecule has 0 bridgehead atoms. The number of rotatable bonds is 4. The highest BCUT2D eigenvalue weighted by atomic mass is 32.2. The van der Waals surface area contributed by atoms with Crippen molar-refractivity contribution in [2.45, 2.75) is 76.4 Å². The van der Waals surface area contributed by atoms with Crippen LogP contribution in [0.4, 0.5) is 0 Å². The molecule has 4 nitrogen and oxygen atoms in total. The van der Waals surface area contributed by atoms with Gasteiger partial charge < -0.3 is 9.47 Å². The molecule has 0 atom stereocenters. The topological polar surface area (TPSA) is 38.1 Å². The van der Waals surface area contributed by atoms with Gasteiger partial charge in [0.25, 0.3) is 0 Å². The SMILES string of the molecule is Cc1nc(SCC(=O)N2CCCCC2)n(C2CCCCC2)c1C. The zero-order chi connectivity index (χ0) is 16.2. The number of hydrogen-bond donors (Lipinski definition) is 0. The first-order valence-electron chi connectivity index (χ1n) is 9.13. The lowest BCUT2D eigenvalue weighted by molar-refractivity contribution is -0.129. The molecule has 1 amide bonds. The fraction of sp³-hybridized carbons (Fsp3) is 0.778. The summed E-state index contributed by atoms with van der Waals surface area (Å²) in [5.74, 6) is 0.811. The van der Waals surface area contributed by atoms with Crippen LogP contribution >= 0.6 is 11.8 Å². The van der Waals surface area contributed by atoms with Crippen LogP contribution in [-0.4, -0.2) is 39.2 Å². The van der Waals surface area contributed by atoms with E-state index in [1.165, 1.54) is 44.2 Å². The Bertz CT molecular complexity index is 543. The lowest BCUT2D eigenvalue weighted by atomic mass is 9.95. The third kappa shape index (κ3) is 3.93. The van der Waals surface area contributed by atoms with Crippen molar-refractivity contribution in [3.8, 4) is 0 Å². The van der Waals surface area contributed by atoms with Crippen molar-refractivity contribution in [3.63, 3.8) is 0 Å². The van der Waals surface area contributed by atoms with Crippen molar-refractivity contribution in [2.24, 2.45) is 0 Å². The minimum atomic E-state index is 0.281. The van der Waals surface area contributed by atoms with E-state index in [4.69, 9.17) is 4.98 Å². The van der Waals surface area contributed by atoms with E-state index in [1.807, 2.05) is 4.90 Å². The lowest BCUT2D eigenvalue weighted by Gasteiger charge is -2.27. The molecule has 2 aliphatic rings. The average Bonchev–Trinajstić information content (AvgIpc) is 2.88. The zero-order valence-electron chi connectivity index (χ0n) is 14.5. The number of amides is 1. The maximum atomic E-state index is 12.4. The Morgan fingerprint density at radius 3 is 2.43 bits per heavy atom. The van der Waals surface area contributed by atoms with E-state index in [2.05, 4.69) is 18.4 Å². The number of piperidine rings is 1. The highest BCUT2D eigenvalue weighted by Crippen LogP contribution is 2.34. The second-order valence-electron chi connectivity index (χ2n) is 6.96. The van der Waals surface area contributed by atoms with Gasteiger partial charge in [-0.3, -0.25) is 4.79 Å². The quantitative estimate of drug-likeness (QED) is 0.777. The number of aromatic nitrogens is 2. The maximum Gasteiger partial charge on any atom is 0.233 e. The van der Waals surface area contributed by atoms with Gasteiger partial charge in [-0.1, -0.05) is 31.0 Å². The van der Waals surface area contributed by atoms with Crippen molar-refractivity contribution < 1.29 is 4.79 Å². The Hall–Kier alpha value is -0.970. The summed E-state index contributed by atoms with van der Waals surface area (Å²) in [6.45, 7) is 6.14. The molecule has 0 unspecified atom stereocenters. The molecule has 128 valence electrons. The summed E-state index contributed by atoms with van der Waals surface area (Å²) in [4.78, 5) is 19.2. The molecule has 0 spiro atoms. The van der Waals surface area contributed by atoms with Gasteiger partial charge in [0.2, 0.25) is 5.91 Å². The minimum Gasteiger partial charge on any atom is -0.342 e. The summed E-state index contributed by atoms with van der Waals surface area (Å²) in [7, 11) is 0. The number of nitrogens with zero attached hydrogens (tertiary/aromatic N) is 3. The van der Waals surface area contributed by atoms with E-state index in [1.54, 1.807) is 11.8 Å². The van der Waals surface area contributed by atoms with Crippen LogP contribution in [0.1, 0.15) is 68.8 Å². The monoisotopic (exact) mass is 335 g/mol. The van der Waals surface area contributed by atoms with Crippen LogP contribution in [0.25, 0.3) is 0 Å². The van der Waals surface area contributed by atoms with Crippen molar-refractivity contribution >= 4 is 17.7 Å². The molecule has 0 radical (unpaired) electrons. The highest BCUT2D eigenvalue weighted by molar-refractivity contribution is 7.99. The van der Waals surface area contributed by atoms with Gasteiger partial charge in [-0.2, -0.15) is 0 Å². The Morgan fingerprint density at radius 1 is 1.09 bits per heavy atom. The molecule has 1 saturated carbocycles. The van der Waals surface area contributed by atoms with E-state index >= 15 is 0 Å². The molecule has 0 N–H and O–H groups in total. The van der Waals surface area contributed by atoms with Gasteiger partial charge in [-0.25, -0.2) is 4.98 Å². The van der Waals surface area contributed by atoms with E-state index < -0.39 is 0 Å². The summed E-state index contributed by atoms with van der Waals surface area (Å²) in [6, 6.07) is 0.581. The summed E-state index contributed by atoms with van der Waals surface area (Å²) >= 11 is 1.64. The van der Waals surface area contributed by atoms with Gasteiger partial charge in [0.15, 0.2) is 5.16 Å². The van der Waals surface area contributed by atoms with Crippen LogP contribution in [0.2, 0.25) is 0 Å². The Kier molecular flexibility index (Phi) is 5.67. The van der Waals surface area contributed by atoms with E-state index in [-0.39, 0.29) is 5.91 Å². The molecule has 2 fully saturated rings. The molecule has 5 heteroatoms. The fourth-order valence-electron chi connectivity index (χ4n) is 3.83. The van der Waals surface area contributed by atoms with Crippen molar-refractivity contribution in [1.29, 1.82) is 0 Å². The van der Waals surface area contributed by atoms with E-state index in [0.717, 1.165) is 36.8 Å². The standard InChI is InChI=1S/C18H29N3OS/c1-14-15(2)21(16-9-5-3-6-10-16)18(19-14)23-13-17(22)20-11-7-4-8-12-20/h16H,3-13H2,1-2H3.